The minimum absolute atomic E-state index is 0.145. The molecule has 3 aromatic carbocycles. The fourth-order valence-electron chi connectivity index (χ4n) is 4.38. The molecule has 2 atom stereocenters. The number of carboxylic acid groups (broad SMARTS) is 1. The number of alkyl halides is 3. The third kappa shape index (κ3) is 7.75. The zero-order valence-electron chi connectivity index (χ0n) is 22.2. The molecule has 1 heterocycles. The van der Waals surface area contributed by atoms with Gasteiger partial charge < -0.3 is 29.5 Å². The van der Waals surface area contributed by atoms with Gasteiger partial charge in [-0.3, -0.25) is 9.59 Å². The Morgan fingerprint density at radius 1 is 1.05 bits per heavy atom. The lowest BCUT2D eigenvalue weighted by Crippen LogP contribution is -2.37. The quantitative estimate of drug-likeness (QED) is 0.263. The van der Waals surface area contributed by atoms with E-state index >= 15 is 0 Å². The summed E-state index contributed by atoms with van der Waals surface area (Å²) in [4.78, 5) is 26.5. The number of ether oxygens (including phenoxy) is 3. The lowest BCUT2D eigenvalue weighted by atomic mass is 10.0. The van der Waals surface area contributed by atoms with Crippen molar-refractivity contribution in [3.63, 3.8) is 0 Å². The number of hydrogen-bond donors (Lipinski definition) is 2. The summed E-state index contributed by atoms with van der Waals surface area (Å²) in [6, 6.07) is 14.6. The van der Waals surface area contributed by atoms with Gasteiger partial charge in [0.1, 0.15) is 23.3 Å². The minimum Gasteiger partial charge on any atom is -0.497 e. The van der Waals surface area contributed by atoms with Crippen LogP contribution in [0, 0.1) is 5.92 Å². The standard InChI is InChI=1S/C29H28ClF3N2O6/c1-17(28(37)38)10-12-40-24-14-21(13-23(15-24)39-2)34-26(19-3-6-20(30)7-4-19)27(36)35-11-9-18-5-8-22(16-25(18)35)41-29(31,32)33/h3-8,13-17,26,34H,9-12H2,1-2H3,(H,37,38). The number of nitrogens with one attached hydrogen (secondary N) is 1. The monoisotopic (exact) mass is 592 g/mol. The maximum atomic E-state index is 14.0. The van der Waals surface area contributed by atoms with Crippen LogP contribution in [0.2, 0.25) is 5.02 Å². The molecular formula is C29H28ClF3N2O6. The van der Waals surface area contributed by atoms with E-state index in [9.17, 15) is 22.8 Å². The van der Waals surface area contributed by atoms with Crippen LogP contribution in [0.3, 0.4) is 0 Å². The maximum absolute atomic E-state index is 14.0. The fourth-order valence-corrected chi connectivity index (χ4v) is 4.51. The molecule has 1 aliphatic heterocycles. The molecule has 41 heavy (non-hydrogen) atoms. The van der Waals surface area contributed by atoms with E-state index in [0.717, 1.165) is 5.56 Å². The van der Waals surface area contributed by atoms with Gasteiger partial charge in [0.25, 0.3) is 5.91 Å². The van der Waals surface area contributed by atoms with Crippen molar-refractivity contribution >= 4 is 34.9 Å². The second kappa shape index (κ2) is 12.6. The molecule has 1 aliphatic rings. The summed E-state index contributed by atoms with van der Waals surface area (Å²) in [5.74, 6) is -1.51. The summed E-state index contributed by atoms with van der Waals surface area (Å²) in [5.41, 5.74) is 2.08. The van der Waals surface area contributed by atoms with Gasteiger partial charge in [0, 0.05) is 41.5 Å². The van der Waals surface area contributed by atoms with Crippen LogP contribution in [0.25, 0.3) is 0 Å². The number of aliphatic carboxylic acids is 1. The van der Waals surface area contributed by atoms with E-state index in [4.69, 9.17) is 26.2 Å². The number of carboxylic acids is 1. The predicted octanol–water partition coefficient (Wildman–Crippen LogP) is 6.48. The van der Waals surface area contributed by atoms with Gasteiger partial charge in [0.05, 0.1) is 25.3 Å². The third-order valence-corrected chi connectivity index (χ3v) is 6.82. The van der Waals surface area contributed by atoms with Crippen molar-refractivity contribution in [2.45, 2.75) is 32.2 Å². The van der Waals surface area contributed by atoms with E-state index < -0.39 is 35.9 Å². The van der Waals surface area contributed by atoms with Crippen molar-refractivity contribution in [3.8, 4) is 17.2 Å². The van der Waals surface area contributed by atoms with E-state index in [0.29, 0.717) is 39.9 Å². The number of anilines is 2. The Kier molecular flexibility index (Phi) is 9.17. The molecule has 8 nitrogen and oxygen atoms in total. The van der Waals surface area contributed by atoms with Gasteiger partial charge in [-0.1, -0.05) is 36.7 Å². The summed E-state index contributed by atoms with van der Waals surface area (Å²) in [7, 11) is 1.47. The van der Waals surface area contributed by atoms with Crippen LogP contribution in [0.1, 0.15) is 30.5 Å². The summed E-state index contributed by atoms with van der Waals surface area (Å²) < 4.78 is 53.8. The van der Waals surface area contributed by atoms with E-state index in [-0.39, 0.29) is 19.6 Å². The van der Waals surface area contributed by atoms with Gasteiger partial charge in [0.2, 0.25) is 0 Å². The van der Waals surface area contributed by atoms with E-state index in [1.165, 1.54) is 30.2 Å². The fraction of sp³-hybridized carbons (Fsp3) is 0.310. The Labute approximate surface area is 239 Å². The number of nitrogens with zero attached hydrogens (tertiary/aromatic N) is 1. The van der Waals surface area contributed by atoms with Crippen molar-refractivity contribution in [2.24, 2.45) is 5.92 Å². The van der Waals surface area contributed by atoms with Crippen molar-refractivity contribution in [1.29, 1.82) is 0 Å². The van der Waals surface area contributed by atoms with Crippen molar-refractivity contribution in [1.82, 2.24) is 0 Å². The number of benzene rings is 3. The highest BCUT2D eigenvalue weighted by Crippen LogP contribution is 2.37. The highest BCUT2D eigenvalue weighted by molar-refractivity contribution is 6.30. The van der Waals surface area contributed by atoms with E-state index in [1.54, 1.807) is 49.4 Å². The molecular weight excluding hydrogens is 565 g/mol. The number of rotatable bonds is 11. The zero-order valence-corrected chi connectivity index (χ0v) is 23.0. The van der Waals surface area contributed by atoms with Gasteiger partial charge in [-0.05, 0) is 42.2 Å². The van der Waals surface area contributed by atoms with Crippen LogP contribution < -0.4 is 24.4 Å². The molecule has 2 unspecified atom stereocenters. The summed E-state index contributed by atoms with van der Waals surface area (Å²) in [6.45, 7) is 2.00. The highest BCUT2D eigenvalue weighted by Gasteiger charge is 2.34. The van der Waals surface area contributed by atoms with Gasteiger partial charge in [-0.2, -0.15) is 0 Å². The molecule has 12 heteroatoms. The van der Waals surface area contributed by atoms with Crippen molar-refractivity contribution in [3.05, 3.63) is 76.8 Å². The van der Waals surface area contributed by atoms with Crippen LogP contribution in [-0.4, -0.2) is 43.6 Å². The molecule has 4 rings (SSSR count). The van der Waals surface area contributed by atoms with Gasteiger partial charge in [-0.25, -0.2) is 0 Å². The van der Waals surface area contributed by atoms with Crippen LogP contribution in [0.4, 0.5) is 24.5 Å². The van der Waals surface area contributed by atoms with E-state index in [2.05, 4.69) is 10.1 Å². The molecule has 0 radical (unpaired) electrons. The summed E-state index contributed by atoms with van der Waals surface area (Å²) >= 11 is 6.08. The van der Waals surface area contributed by atoms with Crippen LogP contribution in [0.15, 0.2) is 60.7 Å². The van der Waals surface area contributed by atoms with Gasteiger partial charge in [0.15, 0.2) is 0 Å². The van der Waals surface area contributed by atoms with Crippen LogP contribution >= 0.6 is 11.6 Å². The number of methoxy groups -OCH3 is 1. The molecule has 0 fully saturated rings. The molecule has 0 spiro atoms. The van der Waals surface area contributed by atoms with Crippen LogP contribution in [0.5, 0.6) is 17.2 Å². The number of amides is 1. The molecule has 3 aromatic rings. The molecule has 0 saturated heterocycles. The first-order valence-corrected chi connectivity index (χ1v) is 13.1. The second-order valence-electron chi connectivity index (χ2n) is 9.48. The zero-order chi connectivity index (χ0) is 29.7. The largest absolute Gasteiger partial charge is 0.573 e. The topological polar surface area (TPSA) is 97.3 Å². The Morgan fingerprint density at radius 2 is 1.76 bits per heavy atom. The van der Waals surface area contributed by atoms with E-state index in [1.807, 2.05) is 0 Å². The molecule has 0 saturated carbocycles. The molecule has 0 aromatic heterocycles. The minimum atomic E-state index is -4.87. The SMILES string of the molecule is COc1cc(NC(C(=O)N2CCc3ccc(OC(F)(F)F)cc32)c2ccc(Cl)cc2)cc(OCCC(C)C(=O)O)c1. The number of carbonyl (C=O) groups is 2. The molecule has 218 valence electrons. The Balaban J connectivity index is 1.63. The Bertz CT molecular complexity index is 1400. The normalized spacial score (nSPS) is 14.1. The number of fused-ring (bicyclic) bond motifs is 1. The smallest absolute Gasteiger partial charge is 0.497 e. The lowest BCUT2D eigenvalue weighted by Gasteiger charge is -2.27. The average Bonchev–Trinajstić information content (AvgIpc) is 3.34. The van der Waals surface area contributed by atoms with Crippen molar-refractivity contribution in [2.75, 3.05) is 30.5 Å². The second-order valence-corrected chi connectivity index (χ2v) is 9.92. The summed E-state index contributed by atoms with van der Waals surface area (Å²) in [6.07, 6.45) is -4.12. The lowest BCUT2D eigenvalue weighted by molar-refractivity contribution is -0.274. The first-order valence-electron chi connectivity index (χ1n) is 12.7. The Morgan fingerprint density at radius 3 is 2.41 bits per heavy atom. The maximum Gasteiger partial charge on any atom is 0.573 e. The highest BCUT2D eigenvalue weighted by atomic mass is 35.5. The van der Waals surface area contributed by atoms with Crippen LogP contribution in [-0.2, 0) is 16.0 Å². The number of hydrogen-bond acceptors (Lipinski definition) is 6. The number of carbonyl (C=O) groups excluding carboxylic acids is 1. The third-order valence-electron chi connectivity index (χ3n) is 6.57. The average molecular weight is 593 g/mol. The van der Waals surface area contributed by atoms with Gasteiger partial charge in [-0.15, -0.1) is 13.2 Å². The molecule has 1 amide bonds. The number of halogens is 4. The van der Waals surface area contributed by atoms with Crippen molar-refractivity contribution < 1.29 is 42.1 Å². The Hall–Kier alpha value is -4.12. The first kappa shape index (κ1) is 29.9. The summed E-state index contributed by atoms with van der Waals surface area (Å²) in [5, 5.41) is 12.8. The van der Waals surface area contributed by atoms with Gasteiger partial charge >= 0.3 is 12.3 Å². The molecule has 0 aliphatic carbocycles. The predicted molar refractivity (Wildman–Crippen MR) is 147 cm³/mol. The molecule has 0 bridgehead atoms. The first-order chi connectivity index (χ1) is 19.4. The molecule has 2 N–H and O–H groups in total.